The number of piperidine rings is 1. The number of nitrogens with one attached hydrogen (secondary N) is 2. The molecular formula is C16H26Cl2N2O. The van der Waals surface area contributed by atoms with Gasteiger partial charge in [-0.2, -0.15) is 0 Å². The van der Waals surface area contributed by atoms with Crippen molar-refractivity contribution in [3.8, 4) is 5.75 Å². The average Bonchev–Trinajstić information content (AvgIpc) is 2.47. The van der Waals surface area contributed by atoms with Gasteiger partial charge in [0.2, 0.25) is 0 Å². The second kappa shape index (κ2) is 10.3. The summed E-state index contributed by atoms with van der Waals surface area (Å²) in [5, 5.41) is 7.72. The predicted octanol–water partition coefficient (Wildman–Crippen LogP) is 3.64. The summed E-state index contributed by atoms with van der Waals surface area (Å²) in [6.45, 7) is 7.06. The van der Waals surface area contributed by atoms with Crippen LogP contribution in [0.5, 0.6) is 5.75 Å². The molecular weight excluding hydrogens is 307 g/mol. The lowest BCUT2D eigenvalue weighted by Crippen LogP contribution is -2.33. The van der Waals surface area contributed by atoms with Crippen LogP contribution in [0.25, 0.3) is 0 Å². The highest BCUT2D eigenvalue weighted by molar-refractivity contribution is 6.30. The first-order valence-electron chi connectivity index (χ1n) is 7.62. The van der Waals surface area contributed by atoms with Crippen molar-refractivity contribution in [2.45, 2.75) is 32.7 Å². The van der Waals surface area contributed by atoms with Crippen molar-refractivity contribution < 1.29 is 4.74 Å². The van der Waals surface area contributed by atoms with E-state index in [4.69, 9.17) is 16.3 Å². The molecule has 1 aromatic rings. The van der Waals surface area contributed by atoms with Gasteiger partial charge in [0.1, 0.15) is 5.75 Å². The molecule has 1 aromatic carbocycles. The summed E-state index contributed by atoms with van der Waals surface area (Å²) >= 11 is 6.09. The summed E-state index contributed by atoms with van der Waals surface area (Å²) in [7, 11) is 0. The zero-order chi connectivity index (χ0) is 14.2. The van der Waals surface area contributed by atoms with E-state index >= 15 is 0 Å². The van der Waals surface area contributed by atoms with Crippen molar-refractivity contribution in [1.82, 2.24) is 10.6 Å². The number of hydrogen-bond donors (Lipinski definition) is 2. The van der Waals surface area contributed by atoms with Crippen LogP contribution in [0.15, 0.2) is 18.2 Å². The summed E-state index contributed by atoms with van der Waals surface area (Å²) in [4.78, 5) is 0. The Morgan fingerprint density at radius 3 is 2.81 bits per heavy atom. The minimum absolute atomic E-state index is 0. The monoisotopic (exact) mass is 332 g/mol. The smallest absolute Gasteiger partial charge is 0.123 e. The molecule has 0 saturated carbocycles. The largest absolute Gasteiger partial charge is 0.493 e. The van der Waals surface area contributed by atoms with Crippen LogP contribution in [-0.2, 0) is 6.54 Å². The molecule has 0 spiro atoms. The average molecular weight is 333 g/mol. The first-order chi connectivity index (χ1) is 9.79. The number of rotatable bonds is 7. The van der Waals surface area contributed by atoms with Gasteiger partial charge in [-0.25, -0.2) is 0 Å². The number of benzene rings is 1. The molecule has 0 atom stereocenters. The first-order valence-corrected chi connectivity index (χ1v) is 8.00. The molecule has 2 N–H and O–H groups in total. The second-order valence-corrected chi connectivity index (χ2v) is 5.86. The van der Waals surface area contributed by atoms with E-state index in [1.165, 1.54) is 12.8 Å². The molecule has 0 radical (unpaired) electrons. The molecule has 0 bridgehead atoms. The summed E-state index contributed by atoms with van der Waals surface area (Å²) in [6, 6.07) is 5.87. The lowest BCUT2D eigenvalue weighted by atomic mass is 9.98. The summed E-state index contributed by atoms with van der Waals surface area (Å²) < 4.78 is 5.78. The van der Waals surface area contributed by atoms with E-state index in [-0.39, 0.29) is 12.4 Å². The van der Waals surface area contributed by atoms with Crippen molar-refractivity contribution in [1.29, 1.82) is 0 Å². The molecule has 0 amide bonds. The highest BCUT2D eigenvalue weighted by atomic mass is 35.5. The Hall–Kier alpha value is -0.480. The maximum Gasteiger partial charge on any atom is 0.123 e. The van der Waals surface area contributed by atoms with Crippen LogP contribution < -0.4 is 15.4 Å². The lowest BCUT2D eigenvalue weighted by Gasteiger charge is -2.23. The maximum atomic E-state index is 6.09. The van der Waals surface area contributed by atoms with Crippen LogP contribution in [0, 0.1) is 5.92 Å². The molecule has 3 nitrogen and oxygen atoms in total. The van der Waals surface area contributed by atoms with Gasteiger partial charge < -0.3 is 15.4 Å². The van der Waals surface area contributed by atoms with Crippen molar-refractivity contribution in [2.75, 3.05) is 26.2 Å². The van der Waals surface area contributed by atoms with E-state index in [0.29, 0.717) is 0 Å². The Morgan fingerprint density at radius 2 is 2.10 bits per heavy atom. The molecule has 1 saturated heterocycles. The molecule has 1 fully saturated rings. The molecule has 21 heavy (non-hydrogen) atoms. The zero-order valence-electron chi connectivity index (χ0n) is 12.7. The standard InChI is InChI=1S/C16H25ClN2O.ClH/c1-2-9-20-16-4-3-15(17)10-14(16)12-19-11-13-5-7-18-8-6-13;/h3-4,10,13,18-19H,2,5-9,11-12H2,1H3;1H. The van der Waals surface area contributed by atoms with Crippen LogP contribution >= 0.6 is 24.0 Å². The molecule has 2 rings (SSSR count). The van der Waals surface area contributed by atoms with Gasteiger partial charge in [-0.15, -0.1) is 12.4 Å². The van der Waals surface area contributed by atoms with Crippen LogP contribution in [0.2, 0.25) is 5.02 Å². The fraction of sp³-hybridized carbons (Fsp3) is 0.625. The Bertz CT molecular complexity index is 409. The molecule has 1 aliphatic heterocycles. The summed E-state index contributed by atoms with van der Waals surface area (Å²) in [6.07, 6.45) is 3.55. The Kier molecular flexibility index (Phi) is 9.09. The van der Waals surface area contributed by atoms with Gasteiger partial charge in [-0.3, -0.25) is 0 Å². The Balaban J connectivity index is 0.00000220. The predicted molar refractivity (Wildman–Crippen MR) is 91.8 cm³/mol. The highest BCUT2D eigenvalue weighted by Crippen LogP contribution is 2.23. The lowest BCUT2D eigenvalue weighted by molar-refractivity contribution is 0.311. The van der Waals surface area contributed by atoms with Crippen LogP contribution in [0.1, 0.15) is 31.7 Å². The number of ether oxygens (including phenoxy) is 1. The van der Waals surface area contributed by atoms with Crippen molar-refractivity contribution in [3.05, 3.63) is 28.8 Å². The van der Waals surface area contributed by atoms with Crippen LogP contribution in [0.3, 0.4) is 0 Å². The number of hydrogen-bond acceptors (Lipinski definition) is 3. The van der Waals surface area contributed by atoms with E-state index in [9.17, 15) is 0 Å². The van der Waals surface area contributed by atoms with Gasteiger partial charge in [-0.1, -0.05) is 18.5 Å². The zero-order valence-corrected chi connectivity index (χ0v) is 14.2. The van der Waals surface area contributed by atoms with Crippen LogP contribution in [0.4, 0.5) is 0 Å². The quantitative estimate of drug-likeness (QED) is 0.799. The second-order valence-electron chi connectivity index (χ2n) is 5.42. The molecule has 1 heterocycles. The van der Waals surface area contributed by atoms with Crippen molar-refractivity contribution >= 4 is 24.0 Å². The summed E-state index contributed by atoms with van der Waals surface area (Å²) in [5.74, 6) is 1.74. The SMILES string of the molecule is CCCOc1ccc(Cl)cc1CNCC1CCNCC1.Cl. The van der Waals surface area contributed by atoms with Gasteiger partial charge in [0.05, 0.1) is 6.61 Å². The van der Waals surface area contributed by atoms with E-state index in [1.807, 2.05) is 18.2 Å². The van der Waals surface area contributed by atoms with Gasteiger partial charge in [0.15, 0.2) is 0 Å². The fourth-order valence-corrected chi connectivity index (χ4v) is 2.73. The van der Waals surface area contributed by atoms with E-state index < -0.39 is 0 Å². The Labute approximate surface area is 139 Å². The minimum Gasteiger partial charge on any atom is -0.493 e. The molecule has 120 valence electrons. The van der Waals surface area contributed by atoms with E-state index in [0.717, 1.165) is 61.5 Å². The van der Waals surface area contributed by atoms with Gasteiger partial charge in [-0.05, 0) is 63.0 Å². The highest BCUT2D eigenvalue weighted by Gasteiger charge is 2.12. The van der Waals surface area contributed by atoms with E-state index in [1.54, 1.807) is 0 Å². The first kappa shape index (κ1) is 18.6. The third kappa shape index (κ3) is 6.43. The topological polar surface area (TPSA) is 33.3 Å². The number of halogens is 2. The molecule has 0 aromatic heterocycles. The third-order valence-electron chi connectivity index (χ3n) is 3.69. The maximum absolute atomic E-state index is 6.09. The van der Waals surface area contributed by atoms with E-state index in [2.05, 4.69) is 17.6 Å². The van der Waals surface area contributed by atoms with Gasteiger partial charge in [0.25, 0.3) is 0 Å². The molecule has 0 aliphatic carbocycles. The normalized spacial score (nSPS) is 15.5. The molecule has 0 unspecified atom stereocenters. The third-order valence-corrected chi connectivity index (χ3v) is 3.93. The Morgan fingerprint density at radius 1 is 1.33 bits per heavy atom. The summed E-state index contributed by atoms with van der Waals surface area (Å²) in [5.41, 5.74) is 1.15. The fourth-order valence-electron chi connectivity index (χ4n) is 2.54. The van der Waals surface area contributed by atoms with Crippen molar-refractivity contribution in [2.24, 2.45) is 5.92 Å². The molecule has 5 heteroatoms. The molecule has 1 aliphatic rings. The van der Waals surface area contributed by atoms with Crippen molar-refractivity contribution in [3.63, 3.8) is 0 Å². The van der Waals surface area contributed by atoms with Crippen LogP contribution in [-0.4, -0.2) is 26.2 Å². The minimum atomic E-state index is 0. The van der Waals surface area contributed by atoms with Gasteiger partial charge >= 0.3 is 0 Å². The van der Waals surface area contributed by atoms with Gasteiger partial charge in [0, 0.05) is 17.1 Å².